The second-order valence-corrected chi connectivity index (χ2v) is 5.37. The first-order valence-corrected chi connectivity index (χ1v) is 7.66. The molecule has 6 heteroatoms. The van der Waals surface area contributed by atoms with Gasteiger partial charge in [0, 0.05) is 0 Å². The summed E-state index contributed by atoms with van der Waals surface area (Å²) >= 11 is 5.74. The van der Waals surface area contributed by atoms with Crippen LogP contribution in [0.2, 0.25) is 5.02 Å². The van der Waals surface area contributed by atoms with E-state index in [1.807, 2.05) is 6.92 Å². The zero-order chi connectivity index (χ0) is 16.5. The number of carbonyl (C=O) groups is 2. The molecule has 0 saturated carbocycles. The fourth-order valence-corrected chi connectivity index (χ4v) is 1.98. The van der Waals surface area contributed by atoms with E-state index in [0.717, 1.165) is 25.3 Å². The third-order valence-corrected chi connectivity index (χ3v) is 3.26. The summed E-state index contributed by atoms with van der Waals surface area (Å²) in [5.74, 6) is -2.25. The Balaban J connectivity index is 2.38. The molecule has 0 aliphatic carbocycles. The summed E-state index contributed by atoms with van der Waals surface area (Å²) in [5, 5.41) is 0.00381. The highest BCUT2D eigenvalue weighted by molar-refractivity contribution is 6.32. The lowest BCUT2D eigenvalue weighted by Gasteiger charge is -2.12. The van der Waals surface area contributed by atoms with Gasteiger partial charge >= 0.3 is 11.9 Å². The van der Waals surface area contributed by atoms with Gasteiger partial charge in [0.2, 0.25) is 0 Å². The summed E-state index contributed by atoms with van der Waals surface area (Å²) in [6, 6.07) is 3.96. The highest BCUT2D eigenvalue weighted by Crippen LogP contribution is 2.27. The quantitative estimate of drug-likeness (QED) is 0.527. The van der Waals surface area contributed by atoms with Crippen molar-refractivity contribution in [3.05, 3.63) is 29.0 Å². The van der Waals surface area contributed by atoms with Crippen LogP contribution in [0.1, 0.15) is 46.0 Å². The molecule has 0 radical (unpaired) electrons. The highest BCUT2D eigenvalue weighted by Gasteiger charge is 2.16. The van der Waals surface area contributed by atoms with Crippen LogP contribution in [0.25, 0.3) is 0 Å². The average molecular weight is 331 g/mol. The minimum atomic E-state index is -0.731. The van der Waals surface area contributed by atoms with Crippen LogP contribution in [0, 0.1) is 5.82 Å². The number of unbranched alkanes of at least 4 members (excludes halogenated alkanes) is 1. The molecule has 22 heavy (non-hydrogen) atoms. The van der Waals surface area contributed by atoms with E-state index >= 15 is 0 Å². The number of halogens is 2. The number of esters is 2. The van der Waals surface area contributed by atoms with Crippen LogP contribution in [0.15, 0.2) is 18.2 Å². The molecule has 0 aliphatic rings. The molecule has 1 rings (SSSR count). The largest absolute Gasteiger partial charge is 0.463 e. The lowest BCUT2D eigenvalue weighted by molar-refractivity contribution is -0.151. The van der Waals surface area contributed by atoms with E-state index in [4.69, 9.17) is 21.1 Å². The number of ether oxygens (including phenoxy) is 2. The van der Waals surface area contributed by atoms with Gasteiger partial charge in [-0.1, -0.05) is 37.4 Å². The standard InChI is InChI=1S/C16H20ClFO4/c1-3-4-6-11(2)21-14(19)9-10-15(20)22-16-12(17)7-5-8-13(16)18/h5,7-8,11H,3-4,6,9-10H2,1-2H3. The highest BCUT2D eigenvalue weighted by atomic mass is 35.5. The van der Waals surface area contributed by atoms with Crippen LogP contribution in [-0.2, 0) is 14.3 Å². The van der Waals surface area contributed by atoms with Crippen molar-refractivity contribution in [3.8, 4) is 5.75 Å². The van der Waals surface area contributed by atoms with Crippen LogP contribution in [0.5, 0.6) is 5.75 Å². The van der Waals surface area contributed by atoms with Crippen molar-refractivity contribution in [1.82, 2.24) is 0 Å². The molecule has 0 N–H and O–H groups in total. The molecule has 1 atom stereocenters. The third kappa shape index (κ3) is 6.43. The van der Waals surface area contributed by atoms with Crippen LogP contribution in [-0.4, -0.2) is 18.0 Å². The summed E-state index contributed by atoms with van der Waals surface area (Å²) in [5.41, 5.74) is 0. The SMILES string of the molecule is CCCCC(C)OC(=O)CCC(=O)Oc1c(F)cccc1Cl. The second kappa shape index (κ2) is 9.41. The van der Waals surface area contributed by atoms with Crippen LogP contribution in [0.3, 0.4) is 0 Å². The van der Waals surface area contributed by atoms with Gasteiger partial charge in [-0.25, -0.2) is 4.39 Å². The Bertz CT molecular complexity index is 499. The van der Waals surface area contributed by atoms with Gasteiger partial charge in [0.15, 0.2) is 11.6 Å². The summed E-state index contributed by atoms with van der Waals surface area (Å²) in [6.07, 6.45) is 2.31. The lowest BCUT2D eigenvalue weighted by atomic mass is 10.2. The molecule has 0 bridgehead atoms. The van der Waals surface area contributed by atoms with Crippen molar-refractivity contribution in [2.75, 3.05) is 0 Å². The maximum absolute atomic E-state index is 13.4. The van der Waals surface area contributed by atoms with Gasteiger partial charge in [-0.15, -0.1) is 0 Å². The first-order chi connectivity index (χ1) is 10.4. The maximum Gasteiger partial charge on any atom is 0.311 e. The number of carbonyl (C=O) groups excluding carboxylic acids is 2. The van der Waals surface area contributed by atoms with E-state index < -0.39 is 17.8 Å². The zero-order valence-electron chi connectivity index (χ0n) is 12.7. The number of rotatable bonds is 8. The summed E-state index contributed by atoms with van der Waals surface area (Å²) in [4.78, 5) is 23.2. The van der Waals surface area contributed by atoms with Gasteiger partial charge in [0.1, 0.15) is 0 Å². The van der Waals surface area contributed by atoms with Gasteiger partial charge in [-0.2, -0.15) is 0 Å². The molecular weight excluding hydrogens is 311 g/mol. The van der Waals surface area contributed by atoms with Crippen molar-refractivity contribution in [2.45, 2.75) is 52.1 Å². The molecule has 0 heterocycles. The minimum absolute atomic E-state index is 0.00381. The number of hydrogen-bond acceptors (Lipinski definition) is 4. The number of benzene rings is 1. The molecule has 0 amide bonds. The molecule has 1 aromatic carbocycles. The predicted octanol–water partition coefficient (Wildman–Crippen LogP) is 4.29. The molecule has 1 unspecified atom stereocenters. The minimum Gasteiger partial charge on any atom is -0.463 e. The van der Waals surface area contributed by atoms with Crippen molar-refractivity contribution >= 4 is 23.5 Å². The Morgan fingerprint density at radius 1 is 1.27 bits per heavy atom. The van der Waals surface area contributed by atoms with Gasteiger partial charge in [0.25, 0.3) is 0 Å². The topological polar surface area (TPSA) is 52.6 Å². The molecule has 0 fully saturated rings. The van der Waals surface area contributed by atoms with Gasteiger partial charge in [0.05, 0.1) is 24.0 Å². The fraction of sp³-hybridized carbons (Fsp3) is 0.500. The number of hydrogen-bond donors (Lipinski definition) is 0. The van der Waals surface area contributed by atoms with Crippen LogP contribution < -0.4 is 4.74 Å². The van der Waals surface area contributed by atoms with Gasteiger partial charge in [-0.3, -0.25) is 9.59 Å². The normalized spacial score (nSPS) is 11.8. The summed E-state index contributed by atoms with van der Waals surface area (Å²) in [6.45, 7) is 3.86. The summed E-state index contributed by atoms with van der Waals surface area (Å²) in [7, 11) is 0. The Kier molecular flexibility index (Phi) is 7.88. The van der Waals surface area contributed by atoms with Crippen molar-refractivity contribution < 1.29 is 23.5 Å². The molecular formula is C16H20ClFO4. The molecule has 1 aromatic rings. The molecule has 0 aliphatic heterocycles. The second-order valence-electron chi connectivity index (χ2n) is 4.97. The maximum atomic E-state index is 13.4. The monoisotopic (exact) mass is 330 g/mol. The molecule has 4 nitrogen and oxygen atoms in total. The fourth-order valence-electron chi connectivity index (χ4n) is 1.78. The molecule has 0 aromatic heterocycles. The van der Waals surface area contributed by atoms with Crippen LogP contribution >= 0.6 is 11.6 Å². The Morgan fingerprint density at radius 2 is 1.95 bits per heavy atom. The molecule has 0 spiro atoms. The first-order valence-electron chi connectivity index (χ1n) is 7.28. The Hall–Kier alpha value is -1.62. The lowest BCUT2D eigenvalue weighted by Crippen LogP contribution is -2.17. The van der Waals surface area contributed by atoms with E-state index in [0.29, 0.717) is 0 Å². The van der Waals surface area contributed by atoms with Crippen molar-refractivity contribution in [2.24, 2.45) is 0 Å². The van der Waals surface area contributed by atoms with Gasteiger partial charge in [-0.05, 0) is 25.5 Å². The molecule has 122 valence electrons. The van der Waals surface area contributed by atoms with E-state index in [1.54, 1.807) is 0 Å². The van der Waals surface area contributed by atoms with E-state index in [9.17, 15) is 14.0 Å². The van der Waals surface area contributed by atoms with E-state index in [1.165, 1.54) is 12.1 Å². The van der Waals surface area contributed by atoms with Crippen LogP contribution in [0.4, 0.5) is 4.39 Å². The summed E-state index contributed by atoms with van der Waals surface area (Å²) < 4.78 is 23.4. The third-order valence-electron chi connectivity index (χ3n) is 2.96. The van der Waals surface area contributed by atoms with Crippen molar-refractivity contribution in [3.63, 3.8) is 0 Å². The molecule has 0 saturated heterocycles. The predicted molar refractivity (Wildman–Crippen MR) is 81.4 cm³/mol. The number of para-hydroxylation sites is 1. The van der Waals surface area contributed by atoms with E-state index in [2.05, 4.69) is 6.92 Å². The zero-order valence-corrected chi connectivity index (χ0v) is 13.5. The van der Waals surface area contributed by atoms with Crippen molar-refractivity contribution in [1.29, 1.82) is 0 Å². The smallest absolute Gasteiger partial charge is 0.311 e. The Morgan fingerprint density at radius 3 is 2.59 bits per heavy atom. The van der Waals surface area contributed by atoms with E-state index in [-0.39, 0.29) is 29.7 Å². The van der Waals surface area contributed by atoms with Gasteiger partial charge < -0.3 is 9.47 Å². The average Bonchev–Trinajstić information content (AvgIpc) is 2.47. The first kappa shape index (κ1) is 18.4. The Labute approximate surface area is 134 Å².